The zero-order chi connectivity index (χ0) is 20.9. The van der Waals surface area contributed by atoms with Gasteiger partial charge in [0.15, 0.2) is 0 Å². The molecule has 4 rings (SSSR count). The molecule has 1 aromatic carbocycles. The summed E-state index contributed by atoms with van der Waals surface area (Å²) >= 11 is 7.49. The summed E-state index contributed by atoms with van der Waals surface area (Å²) < 4.78 is 0. The highest BCUT2D eigenvalue weighted by atomic mass is 35.5. The van der Waals surface area contributed by atoms with E-state index in [4.69, 9.17) is 11.6 Å². The van der Waals surface area contributed by atoms with Gasteiger partial charge in [0.1, 0.15) is 11.6 Å². The van der Waals surface area contributed by atoms with Crippen molar-refractivity contribution < 1.29 is 0 Å². The van der Waals surface area contributed by atoms with Crippen LogP contribution in [0.25, 0.3) is 11.3 Å². The van der Waals surface area contributed by atoms with E-state index in [1.165, 1.54) is 43.9 Å². The number of benzene rings is 1. The lowest BCUT2D eigenvalue weighted by molar-refractivity contribution is 0.373. The molecule has 2 aromatic rings. The van der Waals surface area contributed by atoms with Crippen LogP contribution in [0.1, 0.15) is 48.9 Å². The van der Waals surface area contributed by atoms with E-state index in [-0.39, 0.29) is 0 Å². The van der Waals surface area contributed by atoms with Crippen molar-refractivity contribution >= 4 is 40.6 Å². The molecule has 2 aliphatic rings. The van der Waals surface area contributed by atoms with Crippen molar-refractivity contribution in [1.29, 1.82) is 5.26 Å². The number of thioether (sulfide) groups is 1. The van der Waals surface area contributed by atoms with Crippen molar-refractivity contribution in [2.45, 2.75) is 39.0 Å². The maximum Gasteiger partial charge on any atom is 0.223 e. The van der Waals surface area contributed by atoms with Gasteiger partial charge in [-0.15, -0.1) is 0 Å². The molecule has 1 aromatic heterocycles. The number of hydrogen-bond donors (Lipinski definition) is 2. The van der Waals surface area contributed by atoms with Crippen LogP contribution in [0, 0.1) is 24.2 Å². The molecule has 5 nitrogen and oxygen atoms in total. The molecule has 2 N–H and O–H groups in total. The number of hydrogen-bond acceptors (Lipinski definition) is 6. The van der Waals surface area contributed by atoms with Crippen LogP contribution in [0.4, 0.5) is 5.95 Å². The van der Waals surface area contributed by atoms with Crippen LogP contribution < -0.4 is 10.6 Å². The molecular weight excluding hydrogens is 414 g/mol. The van der Waals surface area contributed by atoms with Crippen LogP contribution >= 0.6 is 23.4 Å². The van der Waals surface area contributed by atoms with Gasteiger partial charge in [-0.2, -0.15) is 5.26 Å². The Bertz CT molecular complexity index is 1020. The summed E-state index contributed by atoms with van der Waals surface area (Å²) in [4.78, 5) is 9.12. The number of aryl methyl sites for hydroxylation is 1. The summed E-state index contributed by atoms with van der Waals surface area (Å²) in [7, 11) is 0. The summed E-state index contributed by atoms with van der Waals surface area (Å²) in [5.74, 6) is 1.27. The van der Waals surface area contributed by atoms with E-state index >= 15 is 0 Å². The molecule has 0 saturated heterocycles. The zero-order valence-electron chi connectivity index (χ0n) is 16.9. The summed E-state index contributed by atoms with van der Waals surface area (Å²) in [6.45, 7) is 2.82. The fraction of sp³-hybridized carbons (Fsp3) is 0.348. The molecule has 0 unspecified atom stereocenters. The molecule has 30 heavy (non-hydrogen) atoms. The van der Waals surface area contributed by atoms with Gasteiger partial charge in [-0.05, 0) is 48.9 Å². The van der Waals surface area contributed by atoms with E-state index in [2.05, 4.69) is 26.7 Å². The van der Waals surface area contributed by atoms with Crippen LogP contribution in [-0.2, 0) is 0 Å². The third-order valence-corrected chi connectivity index (χ3v) is 6.67. The standard InChI is InChI=1S/C23H24ClN5S/c1-15-12-26-23(27-13-16-5-3-2-4-6-16)29-21(15)19(11-25)22-28-20(14-30-22)17-7-9-18(24)10-8-17/h7-10,12,14,16,28H,2-6,13H2,1H3,(H,26,27,29). The van der Waals surface area contributed by atoms with Crippen molar-refractivity contribution in [3.63, 3.8) is 0 Å². The van der Waals surface area contributed by atoms with Gasteiger partial charge in [0.05, 0.1) is 16.4 Å². The Morgan fingerprint density at radius 1 is 1.27 bits per heavy atom. The first-order valence-corrected chi connectivity index (χ1v) is 11.5. The van der Waals surface area contributed by atoms with Gasteiger partial charge in [0.25, 0.3) is 0 Å². The predicted octanol–water partition coefficient (Wildman–Crippen LogP) is 5.96. The number of nitriles is 1. The van der Waals surface area contributed by atoms with Gasteiger partial charge in [-0.1, -0.05) is 54.8 Å². The minimum Gasteiger partial charge on any atom is -0.354 e. The number of allylic oxidation sites excluding steroid dienone is 1. The molecule has 154 valence electrons. The molecule has 0 atom stereocenters. The van der Waals surface area contributed by atoms with Crippen LogP contribution in [0.15, 0.2) is 40.9 Å². The molecule has 0 amide bonds. The minimum absolute atomic E-state index is 0.529. The highest BCUT2D eigenvalue weighted by Gasteiger charge is 2.20. The van der Waals surface area contributed by atoms with Gasteiger partial charge in [0.2, 0.25) is 5.95 Å². The number of rotatable bonds is 5. The van der Waals surface area contributed by atoms with E-state index in [0.29, 0.717) is 28.2 Å². The molecule has 1 aliphatic heterocycles. The van der Waals surface area contributed by atoms with Gasteiger partial charge in [-0.25, -0.2) is 9.97 Å². The third kappa shape index (κ3) is 4.80. The first-order valence-electron chi connectivity index (χ1n) is 10.3. The van der Waals surface area contributed by atoms with E-state index < -0.39 is 0 Å². The van der Waals surface area contributed by atoms with Crippen LogP contribution in [-0.4, -0.2) is 16.5 Å². The largest absolute Gasteiger partial charge is 0.354 e. The maximum absolute atomic E-state index is 9.90. The molecule has 0 radical (unpaired) electrons. The second-order valence-electron chi connectivity index (χ2n) is 7.71. The van der Waals surface area contributed by atoms with Gasteiger partial charge in [-0.3, -0.25) is 0 Å². The topological polar surface area (TPSA) is 73.6 Å². The zero-order valence-corrected chi connectivity index (χ0v) is 18.5. The Hall–Kier alpha value is -2.49. The van der Waals surface area contributed by atoms with Crippen molar-refractivity contribution in [3.05, 3.63) is 62.7 Å². The molecule has 1 aliphatic carbocycles. The van der Waals surface area contributed by atoms with E-state index in [9.17, 15) is 5.26 Å². The summed E-state index contributed by atoms with van der Waals surface area (Å²) in [6.07, 6.45) is 8.28. The Labute approximate surface area is 186 Å². The average Bonchev–Trinajstić information content (AvgIpc) is 3.25. The lowest BCUT2D eigenvalue weighted by Crippen LogP contribution is -2.18. The quantitative estimate of drug-likeness (QED) is 0.562. The molecule has 1 saturated carbocycles. The number of halogens is 1. The first kappa shape index (κ1) is 20.8. The third-order valence-electron chi connectivity index (χ3n) is 5.52. The molecule has 2 heterocycles. The van der Waals surface area contributed by atoms with Crippen molar-refractivity contribution in [2.24, 2.45) is 5.92 Å². The maximum atomic E-state index is 9.90. The van der Waals surface area contributed by atoms with E-state index in [1.54, 1.807) is 6.20 Å². The fourth-order valence-corrected chi connectivity index (χ4v) is 4.79. The normalized spacial score (nSPS) is 18.4. The molecule has 0 bridgehead atoms. The van der Waals surface area contributed by atoms with Crippen LogP contribution in [0.5, 0.6) is 0 Å². The Morgan fingerprint density at radius 3 is 2.77 bits per heavy atom. The highest BCUT2D eigenvalue weighted by Crippen LogP contribution is 2.35. The van der Waals surface area contributed by atoms with Crippen molar-refractivity contribution in [2.75, 3.05) is 11.9 Å². The monoisotopic (exact) mass is 437 g/mol. The Morgan fingerprint density at radius 2 is 2.03 bits per heavy atom. The number of nitrogens with zero attached hydrogens (tertiary/aromatic N) is 3. The predicted molar refractivity (Wildman–Crippen MR) is 125 cm³/mol. The summed E-state index contributed by atoms with van der Waals surface area (Å²) in [5, 5.41) is 20.1. The Balaban J connectivity index is 1.52. The molecule has 1 fully saturated rings. The summed E-state index contributed by atoms with van der Waals surface area (Å²) in [6, 6.07) is 9.97. The molecular formula is C23H24ClN5S. The smallest absolute Gasteiger partial charge is 0.223 e. The molecule has 7 heteroatoms. The van der Waals surface area contributed by atoms with Gasteiger partial charge in [0, 0.05) is 23.2 Å². The second kappa shape index (κ2) is 9.55. The lowest BCUT2D eigenvalue weighted by Gasteiger charge is -2.21. The van der Waals surface area contributed by atoms with Crippen LogP contribution in [0.3, 0.4) is 0 Å². The Kier molecular flexibility index (Phi) is 6.61. The van der Waals surface area contributed by atoms with Gasteiger partial charge >= 0.3 is 0 Å². The highest BCUT2D eigenvalue weighted by molar-refractivity contribution is 8.06. The lowest BCUT2D eigenvalue weighted by atomic mass is 9.89. The number of nitrogens with one attached hydrogen (secondary N) is 2. The number of anilines is 1. The van der Waals surface area contributed by atoms with Crippen molar-refractivity contribution in [1.82, 2.24) is 15.3 Å². The van der Waals surface area contributed by atoms with Crippen molar-refractivity contribution in [3.8, 4) is 6.07 Å². The van der Waals surface area contributed by atoms with Gasteiger partial charge < -0.3 is 10.6 Å². The first-order chi connectivity index (χ1) is 14.6. The molecule has 0 spiro atoms. The second-order valence-corrected chi connectivity index (χ2v) is 9.02. The summed E-state index contributed by atoms with van der Waals surface area (Å²) in [5.41, 5.74) is 4.04. The number of aromatic nitrogens is 2. The van der Waals surface area contributed by atoms with Crippen LogP contribution in [0.2, 0.25) is 5.02 Å². The average molecular weight is 438 g/mol. The fourth-order valence-electron chi connectivity index (χ4n) is 3.81. The van der Waals surface area contributed by atoms with E-state index in [0.717, 1.165) is 28.4 Å². The minimum atomic E-state index is 0.529. The van der Waals surface area contributed by atoms with E-state index in [1.807, 2.05) is 36.6 Å². The SMILES string of the molecule is Cc1cnc(NCC2CCCCC2)nc1C(C#N)=C1NC(c2ccc(Cl)cc2)=CS1.